The van der Waals surface area contributed by atoms with E-state index in [2.05, 4.69) is 201 Å². The van der Waals surface area contributed by atoms with Crippen LogP contribution in [-0.4, -0.2) is 51.5 Å². The summed E-state index contributed by atoms with van der Waals surface area (Å²) >= 11 is 0. The summed E-state index contributed by atoms with van der Waals surface area (Å²) in [7, 11) is -2.83. The second kappa shape index (κ2) is 26.7. The Balaban J connectivity index is 0.895. The Morgan fingerprint density at radius 3 is 1.58 bits per heavy atom. The lowest BCUT2D eigenvalue weighted by Gasteiger charge is -2.43. The Kier molecular flexibility index (Phi) is 18.6. The first-order valence-corrected chi connectivity index (χ1v) is 31.3. The zero-order valence-corrected chi connectivity index (χ0v) is 49.8. The Bertz CT molecular complexity index is 3510. The quantitative estimate of drug-likeness (QED) is 0.0288. The van der Waals surface area contributed by atoms with Crippen LogP contribution in [0.1, 0.15) is 96.0 Å². The van der Waals surface area contributed by atoms with Crippen molar-refractivity contribution in [1.82, 2.24) is 16.0 Å². The van der Waals surface area contributed by atoms with E-state index < -0.39 is 37.9 Å². The van der Waals surface area contributed by atoms with Crippen LogP contribution in [0.4, 0.5) is 10.5 Å². The molecule has 9 nitrogen and oxygen atoms in total. The summed E-state index contributed by atoms with van der Waals surface area (Å²) in [5, 5.41) is 15.5. The van der Waals surface area contributed by atoms with E-state index >= 15 is 0 Å². The van der Waals surface area contributed by atoms with Gasteiger partial charge in [-0.2, -0.15) is 0 Å². The lowest BCUT2D eigenvalue weighted by atomic mass is 9.76. The molecule has 0 bridgehead atoms. The van der Waals surface area contributed by atoms with E-state index in [-0.39, 0.29) is 29.9 Å². The first kappa shape index (κ1) is 58.5. The molecule has 10 rings (SSSR count). The van der Waals surface area contributed by atoms with Crippen LogP contribution < -0.4 is 31.6 Å². The van der Waals surface area contributed by atoms with Crippen molar-refractivity contribution in [3.8, 4) is 11.1 Å². The maximum Gasteiger partial charge on any atom is 0.407 e. The molecule has 0 radical (unpaired) electrons. The van der Waals surface area contributed by atoms with Gasteiger partial charge in [-0.1, -0.05) is 263 Å². The fraction of sp³-hybridized carbons (Fsp3) is 0.230. The van der Waals surface area contributed by atoms with Gasteiger partial charge in [0.05, 0.1) is 12.1 Å². The number of carbonyl (C=O) groups is 3. The molecule has 0 unspecified atom stereocenters. The molecule has 9 aromatic rings. The van der Waals surface area contributed by atoms with Crippen LogP contribution >= 0.6 is 0 Å². The van der Waals surface area contributed by atoms with Crippen molar-refractivity contribution in [2.45, 2.75) is 95.5 Å². The highest BCUT2D eigenvalue weighted by molar-refractivity contribution is 6.99. The standard InChI is InChI=1S/C74H76N4O5Si/c1-53-42-45-59(46-43-53)74(57-29-13-7-14-30-57,58-31-15-8-16-32-58)75-48-26-25-41-68(70(79)76-67-47-44-56(49-54(67)2)51-83-84(73(3,4)5,60-33-17-9-18-34-60)61-35-19-10-20-36-61)77-71(80)69(50-55-27-11-6-12-28-55)78-72(81)82-52-66-64-39-23-21-37-62(64)63-38-22-24-40-65(63)66/h6-24,27-40,42-47,49,66,68-69,75H,25-26,41,48,50-52H2,1-5H3,(H,76,79)(H,77,80)(H,78,81)/t68-,69-/m0/s1. The highest BCUT2D eigenvalue weighted by Crippen LogP contribution is 2.45. The number of ether oxygens (including phenoxy) is 1. The number of rotatable bonds is 23. The number of benzene rings is 9. The number of alkyl carbamates (subject to hydrolysis) is 1. The van der Waals surface area contributed by atoms with Crippen molar-refractivity contribution in [3.05, 3.63) is 293 Å². The molecule has 1 aliphatic rings. The van der Waals surface area contributed by atoms with Gasteiger partial charge in [0.2, 0.25) is 11.8 Å². The van der Waals surface area contributed by atoms with Crippen molar-refractivity contribution in [1.29, 1.82) is 0 Å². The third kappa shape index (κ3) is 13.1. The maximum absolute atomic E-state index is 15.0. The van der Waals surface area contributed by atoms with Gasteiger partial charge < -0.3 is 25.1 Å². The fourth-order valence-electron chi connectivity index (χ4n) is 12.2. The number of carbonyl (C=O) groups excluding carboxylic acids is 3. The normalized spacial score (nSPS) is 13.0. The molecule has 9 aromatic carbocycles. The minimum absolute atomic E-state index is 0.0854. The summed E-state index contributed by atoms with van der Waals surface area (Å²) in [4.78, 5) is 43.9. The number of hydrogen-bond donors (Lipinski definition) is 4. The van der Waals surface area contributed by atoms with E-state index in [9.17, 15) is 14.4 Å². The zero-order valence-electron chi connectivity index (χ0n) is 48.8. The van der Waals surface area contributed by atoms with Crippen molar-refractivity contribution in [2.24, 2.45) is 0 Å². The zero-order chi connectivity index (χ0) is 58.5. The summed E-state index contributed by atoms with van der Waals surface area (Å²) in [6.45, 7) is 11.9. The topological polar surface area (TPSA) is 118 Å². The number of anilines is 1. The van der Waals surface area contributed by atoms with Crippen LogP contribution in [0.2, 0.25) is 5.04 Å². The predicted molar refractivity (Wildman–Crippen MR) is 342 cm³/mol. The molecule has 0 aliphatic heterocycles. The van der Waals surface area contributed by atoms with Gasteiger partial charge >= 0.3 is 6.09 Å². The van der Waals surface area contributed by atoms with Gasteiger partial charge in [0.1, 0.15) is 18.7 Å². The molecule has 0 heterocycles. The molecule has 0 aromatic heterocycles. The number of amides is 3. The van der Waals surface area contributed by atoms with Crippen molar-refractivity contribution in [3.63, 3.8) is 0 Å². The number of aryl methyl sites for hydroxylation is 2. The lowest BCUT2D eigenvalue weighted by molar-refractivity contribution is -0.128. The van der Waals surface area contributed by atoms with E-state index in [0.717, 1.165) is 55.6 Å². The monoisotopic (exact) mass is 1130 g/mol. The molecule has 3 amide bonds. The minimum atomic E-state index is -2.83. The van der Waals surface area contributed by atoms with Crippen LogP contribution in [0.15, 0.2) is 243 Å². The highest BCUT2D eigenvalue weighted by atomic mass is 28.4. The summed E-state index contributed by atoms with van der Waals surface area (Å²) in [5.74, 6) is -1.02. The van der Waals surface area contributed by atoms with E-state index in [0.29, 0.717) is 38.1 Å². The van der Waals surface area contributed by atoms with Crippen molar-refractivity contribution < 1.29 is 23.5 Å². The summed E-state index contributed by atoms with van der Waals surface area (Å²) in [5.41, 5.74) is 11.5. The number of hydrogen-bond acceptors (Lipinski definition) is 6. The second-order valence-electron chi connectivity index (χ2n) is 23.1. The van der Waals surface area contributed by atoms with Crippen molar-refractivity contribution in [2.75, 3.05) is 18.5 Å². The summed E-state index contributed by atoms with van der Waals surface area (Å²) < 4.78 is 13.3. The minimum Gasteiger partial charge on any atom is -0.449 e. The summed E-state index contributed by atoms with van der Waals surface area (Å²) in [6, 6.07) is 80.8. The number of fused-ring (bicyclic) bond motifs is 3. The highest BCUT2D eigenvalue weighted by Gasteiger charge is 2.50. The number of nitrogens with one attached hydrogen (secondary N) is 4. The predicted octanol–water partition coefficient (Wildman–Crippen LogP) is 13.7. The molecule has 84 heavy (non-hydrogen) atoms. The van der Waals surface area contributed by atoms with Gasteiger partial charge in [0, 0.05) is 18.0 Å². The molecular formula is C74H76N4O5Si. The van der Waals surface area contributed by atoms with Gasteiger partial charge in [0.25, 0.3) is 8.32 Å². The van der Waals surface area contributed by atoms with E-state index in [4.69, 9.17) is 9.16 Å². The molecule has 0 saturated carbocycles. The van der Waals surface area contributed by atoms with Crippen LogP contribution in [0.3, 0.4) is 0 Å². The van der Waals surface area contributed by atoms with E-state index in [1.165, 1.54) is 15.9 Å². The SMILES string of the molecule is Cc1ccc(C(NCCCC[C@H](NC(=O)[C@H](Cc2ccccc2)NC(=O)OCC2c3ccccc3-c3ccccc32)C(=O)Nc2ccc(CO[Si](c3ccccc3)(c3ccccc3)C(C)(C)C)cc2C)(c2ccccc2)c2ccccc2)cc1. The Morgan fingerprint density at radius 1 is 0.524 bits per heavy atom. The molecule has 2 atom stereocenters. The first-order chi connectivity index (χ1) is 40.8. The van der Waals surface area contributed by atoms with Gasteiger partial charge in [0.15, 0.2) is 0 Å². The molecule has 1 aliphatic carbocycles. The molecule has 10 heteroatoms. The average Bonchev–Trinajstić information content (AvgIpc) is 1.43. The maximum atomic E-state index is 15.0. The van der Waals surface area contributed by atoms with Crippen LogP contribution in [0.5, 0.6) is 0 Å². The van der Waals surface area contributed by atoms with Crippen LogP contribution in [0, 0.1) is 13.8 Å². The molecular weight excluding hydrogens is 1050 g/mol. The second-order valence-corrected chi connectivity index (χ2v) is 27.4. The smallest absolute Gasteiger partial charge is 0.407 e. The van der Waals surface area contributed by atoms with Gasteiger partial charge in [-0.15, -0.1) is 0 Å². The summed E-state index contributed by atoms with van der Waals surface area (Å²) in [6.07, 6.45) is 1.03. The van der Waals surface area contributed by atoms with Gasteiger partial charge in [-0.05, 0) is 117 Å². The molecule has 426 valence electrons. The molecule has 0 fully saturated rings. The Morgan fingerprint density at radius 2 is 1.04 bits per heavy atom. The van der Waals surface area contributed by atoms with Gasteiger partial charge in [-0.25, -0.2) is 4.79 Å². The lowest BCUT2D eigenvalue weighted by Crippen LogP contribution is -2.66. The van der Waals surface area contributed by atoms with Crippen LogP contribution in [-0.2, 0) is 37.3 Å². The third-order valence-electron chi connectivity index (χ3n) is 16.5. The average molecular weight is 1130 g/mol. The van der Waals surface area contributed by atoms with E-state index in [1.54, 1.807) is 0 Å². The molecule has 4 N–H and O–H groups in total. The molecule has 0 spiro atoms. The largest absolute Gasteiger partial charge is 0.449 e. The van der Waals surface area contributed by atoms with Gasteiger partial charge in [-0.3, -0.25) is 14.9 Å². The Hall–Kier alpha value is -8.67. The van der Waals surface area contributed by atoms with Crippen molar-refractivity contribution >= 4 is 42.3 Å². The number of unbranched alkanes of at least 4 members (excludes halogenated alkanes) is 1. The molecule has 0 saturated heterocycles. The third-order valence-corrected chi connectivity index (χ3v) is 21.5. The van der Waals surface area contributed by atoms with Crippen LogP contribution in [0.25, 0.3) is 11.1 Å². The fourth-order valence-corrected chi connectivity index (χ4v) is 16.8. The Labute approximate surface area is 497 Å². The van der Waals surface area contributed by atoms with E-state index in [1.807, 2.05) is 97.9 Å². The first-order valence-electron chi connectivity index (χ1n) is 29.4.